The molecule has 2 rings (SSSR count). The van der Waals surface area contributed by atoms with Crippen LogP contribution in [0.15, 0.2) is 0 Å². The molecule has 2 heterocycles. The van der Waals surface area contributed by atoms with Crippen LogP contribution in [0.4, 0.5) is 0 Å². The summed E-state index contributed by atoms with van der Waals surface area (Å²) in [5.74, 6) is 1.44. The third-order valence-corrected chi connectivity index (χ3v) is 6.10. The van der Waals surface area contributed by atoms with Crippen molar-refractivity contribution in [2.45, 2.75) is 91.3 Å². The highest BCUT2D eigenvalue weighted by molar-refractivity contribution is 5.90. The number of rotatable bonds is 8. The Morgan fingerprint density at radius 2 is 1.76 bits per heavy atom. The zero-order chi connectivity index (χ0) is 21.8. The number of carbonyl (C=O) groups is 2. The molecule has 168 valence electrons. The van der Waals surface area contributed by atoms with E-state index >= 15 is 0 Å². The van der Waals surface area contributed by atoms with Crippen molar-refractivity contribution in [3.8, 4) is 0 Å². The molecular formula is C23H43N3O3. The van der Waals surface area contributed by atoms with Gasteiger partial charge in [0.05, 0.1) is 11.6 Å². The second kappa shape index (κ2) is 10.3. The number of aliphatic hydroxyl groups is 1. The van der Waals surface area contributed by atoms with Crippen LogP contribution in [0.25, 0.3) is 0 Å². The minimum Gasteiger partial charge on any atom is -0.390 e. The van der Waals surface area contributed by atoms with Gasteiger partial charge < -0.3 is 20.2 Å². The van der Waals surface area contributed by atoms with E-state index in [0.717, 1.165) is 45.3 Å². The molecule has 0 aromatic rings. The second-order valence-corrected chi connectivity index (χ2v) is 10.6. The van der Waals surface area contributed by atoms with E-state index in [1.807, 2.05) is 23.6 Å². The quantitative estimate of drug-likeness (QED) is 0.646. The summed E-state index contributed by atoms with van der Waals surface area (Å²) in [7, 11) is 0. The molecule has 6 nitrogen and oxygen atoms in total. The van der Waals surface area contributed by atoms with Gasteiger partial charge in [0.1, 0.15) is 6.04 Å². The topological polar surface area (TPSA) is 72.9 Å². The van der Waals surface area contributed by atoms with Crippen molar-refractivity contribution >= 4 is 11.8 Å². The van der Waals surface area contributed by atoms with E-state index in [2.05, 4.69) is 33.0 Å². The van der Waals surface area contributed by atoms with Crippen molar-refractivity contribution in [3.63, 3.8) is 0 Å². The summed E-state index contributed by atoms with van der Waals surface area (Å²) in [5, 5.41) is 13.4. The van der Waals surface area contributed by atoms with Crippen molar-refractivity contribution in [2.75, 3.05) is 26.2 Å². The van der Waals surface area contributed by atoms with Gasteiger partial charge in [-0.15, -0.1) is 0 Å². The zero-order valence-electron chi connectivity index (χ0n) is 19.4. The highest BCUT2D eigenvalue weighted by Crippen LogP contribution is 2.28. The van der Waals surface area contributed by atoms with Crippen LogP contribution in [0.5, 0.6) is 0 Å². The molecule has 2 atom stereocenters. The monoisotopic (exact) mass is 409 g/mol. The fourth-order valence-electron chi connectivity index (χ4n) is 4.80. The Labute approximate surface area is 177 Å². The third-order valence-electron chi connectivity index (χ3n) is 6.10. The Morgan fingerprint density at radius 3 is 2.28 bits per heavy atom. The lowest BCUT2D eigenvalue weighted by Crippen LogP contribution is -2.62. The number of amides is 2. The predicted octanol–water partition coefficient (Wildman–Crippen LogP) is 2.65. The Kier molecular flexibility index (Phi) is 8.53. The third kappa shape index (κ3) is 7.25. The molecule has 0 radical (unpaired) electrons. The van der Waals surface area contributed by atoms with Gasteiger partial charge in [-0.2, -0.15) is 0 Å². The first-order valence-corrected chi connectivity index (χ1v) is 11.5. The largest absolute Gasteiger partial charge is 0.390 e. The molecule has 0 aromatic carbocycles. The molecular weight excluding hydrogens is 366 g/mol. The van der Waals surface area contributed by atoms with Crippen molar-refractivity contribution in [2.24, 2.45) is 17.8 Å². The zero-order valence-corrected chi connectivity index (χ0v) is 19.4. The van der Waals surface area contributed by atoms with Crippen molar-refractivity contribution < 1.29 is 14.7 Å². The van der Waals surface area contributed by atoms with Gasteiger partial charge in [-0.3, -0.25) is 9.59 Å². The highest BCUT2D eigenvalue weighted by Gasteiger charge is 2.39. The van der Waals surface area contributed by atoms with Crippen LogP contribution < -0.4 is 5.32 Å². The van der Waals surface area contributed by atoms with Crippen LogP contribution in [-0.2, 0) is 9.59 Å². The number of piperazine rings is 1. The number of likely N-dealkylation sites (tertiary alicyclic amines) is 1. The van der Waals surface area contributed by atoms with Gasteiger partial charge in [0, 0.05) is 26.2 Å². The molecule has 1 unspecified atom stereocenters. The van der Waals surface area contributed by atoms with E-state index in [1.54, 1.807) is 0 Å². The van der Waals surface area contributed by atoms with E-state index in [1.165, 1.54) is 0 Å². The van der Waals surface area contributed by atoms with Gasteiger partial charge in [-0.25, -0.2) is 0 Å². The van der Waals surface area contributed by atoms with Crippen molar-refractivity contribution in [1.29, 1.82) is 0 Å². The van der Waals surface area contributed by atoms with Crippen LogP contribution in [0.2, 0.25) is 0 Å². The van der Waals surface area contributed by atoms with Gasteiger partial charge in [0.2, 0.25) is 11.8 Å². The number of nitrogens with zero attached hydrogens (tertiary/aromatic N) is 2. The lowest BCUT2D eigenvalue weighted by atomic mass is 9.86. The van der Waals surface area contributed by atoms with Crippen LogP contribution in [0, 0.1) is 17.8 Å². The average Bonchev–Trinajstić information content (AvgIpc) is 2.60. The maximum absolute atomic E-state index is 13.5. The molecule has 2 N–H and O–H groups in total. The minimum absolute atomic E-state index is 0.0841. The Balaban J connectivity index is 2.06. The number of nitrogens with one attached hydrogen (secondary N) is 1. The summed E-state index contributed by atoms with van der Waals surface area (Å²) >= 11 is 0. The lowest BCUT2D eigenvalue weighted by molar-refractivity contribution is -0.150. The number of carbonyl (C=O) groups excluding carboxylic acids is 2. The Hall–Kier alpha value is -1.14. The van der Waals surface area contributed by atoms with E-state index < -0.39 is 5.60 Å². The summed E-state index contributed by atoms with van der Waals surface area (Å²) in [6, 6.07) is -0.533. The molecule has 2 aliphatic rings. The highest BCUT2D eigenvalue weighted by atomic mass is 16.3. The normalized spacial score (nSPS) is 23.2. The smallest absolute Gasteiger partial charge is 0.245 e. The fourth-order valence-corrected chi connectivity index (χ4v) is 4.80. The fraction of sp³-hybridized carbons (Fsp3) is 0.913. The first-order chi connectivity index (χ1) is 13.5. The van der Waals surface area contributed by atoms with Crippen LogP contribution >= 0.6 is 0 Å². The molecule has 2 aliphatic heterocycles. The van der Waals surface area contributed by atoms with E-state index in [4.69, 9.17) is 0 Å². The van der Waals surface area contributed by atoms with E-state index in [9.17, 15) is 14.7 Å². The first-order valence-electron chi connectivity index (χ1n) is 11.5. The van der Waals surface area contributed by atoms with E-state index in [-0.39, 0.29) is 23.9 Å². The maximum atomic E-state index is 13.5. The molecule has 2 fully saturated rings. The summed E-state index contributed by atoms with van der Waals surface area (Å²) in [4.78, 5) is 30.4. The van der Waals surface area contributed by atoms with Gasteiger partial charge in [-0.1, -0.05) is 27.7 Å². The SMILES string of the molecule is CC(C)CC(C(=O)N1CCC(CC(C)(C)O)CC1)N1CCN[C@@H](CC(C)C)C1=O. The minimum atomic E-state index is -0.657. The summed E-state index contributed by atoms with van der Waals surface area (Å²) < 4.78 is 0. The summed E-state index contributed by atoms with van der Waals surface area (Å²) in [6.07, 6.45) is 4.14. The molecule has 2 amide bonds. The standard InChI is InChI=1S/C23H43N3O3/c1-16(2)13-19-21(27)26(12-9-24-19)20(14-17(3)4)22(28)25-10-7-18(8-11-25)15-23(5,6)29/h16-20,24,29H,7-15H2,1-6H3/t19-,20?/m0/s1. The first kappa shape index (κ1) is 24.1. The van der Waals surface area contributed by atoms with Gasteiger partial charge >= 0.3 is 0 Å². The van der Waals surface area contributed by atoms with Crippen LogP contribution in [0.3, 0.4) is 0 Å². The number of hydrogen-bond acceptors (Lipinski definition) is 4. The molecule has 0 spiro atoms. The molecule has 6 heteroatoms. The van der Waals surface area contributed by atoms with Crippen molar-refractivity contribution in [3.05, 3.63) is 0 Å². The summed E-state index contributed by atoms with van der Waals surface area (Å²) in [5.41, 5.74) is -0.657. The number of piperidine rings is 1. The Bertz CT molecular complexity index is 548. The van der Waals surface area contributed by atoms with Gasteiger partial charge in [0.15, 0.2) is 0 Å². The van der Waals surface area contributed by atoms with Crippen molar-refractivity contribution in [1.82, 2.24) is 15.1 Å². The predicted molar refractivity (Wildman–Crippen MR) is 116 cm³/mol. The molecule has 29 heavy (non-hydrogen) atoms. The molecule has 0 bridgehead atoms. The lowest BCUT2D eigenvalue weighted by Gasteiger charge is -2.42. The van der Waals surface area contributed by atoms with E-state index in [0.29, 0.717) is 30.7 Å². The number of hydrogen-bond donors (Lipinski definition) is 2. The van der Waals surface area contributed by atoms with Gasteiger partial charge in [-0.05, 0) is 63.7 Å². The molecule has 0 aromatic heterocycles. The Morgan fingerprint density at radius 1 is 1.14 bits per heavy atom. The second-order valence-electron chi connectivity index (χ2n) is 10.6. The molecule has 0 aliphatic carbocycles. The average molecular weight is 410 g/mol. The molecule has 0 saturated carbocycles. The van der Waals surface area contributed by atoms with Crippen LogP contribution in [0.1, 0.15) is 73.6 Å². The van der Waals surface area contributed by atoms with Crippen LogP contribution in [-0.4, -0.2) is 70.6 Å². The maximum Gasteiger partial charge on any atom is 0.245 e. The summed E-state index contributed by atoms with van der Waals surface area (Å²) in [6.45, 7) is 15.0. The van der Waals surface area contributed by atoms with Gasteiger partial charge in [0.25, 0.3) is 0 Å². The molecule has 2 saturated heterocycles.